The zero-order valence-electron chi connectivity index (χ0n) is 15.6. The van der Waals surface area contributed by atoms with Crippen molar-refractivity contribution in [3.63, 3.8) is 0 Å². The van der Waals surface area contributed by atoms with E-state index < -0.39 is 10.0 Å². The average Bonchev–Trinajstić information content (AvgIpc) is 3.40. The van der Waals surface area contributed by atoms with Crippen LogP contribution in [0.3, 0.4) is 0 Å². The molecule has 0 bridgehead atoms. The van der Waals surface area contributed by atoms with Crippen LogP contribution in [0.2, 0.25) is 0 Å². The first kappa shape index (κ1) is 20.5. The van der Waals surface area contributed by atoms with Gasteiger partial charge in [0.05, 0.1) is 24.2 Å². The summed E-state index contributed by atoms with van der Waals surface area (Å²) in [6, 6.07) is 11.5. The minimum Gasteiger partial charge on any atom is -0.379 e. The van der Waals surface area contributed by atoms with Crippen LogP contribution in [0.5, 0.6) is 0 Å². The summed E-state index contributed by atoms with van der Waals surface area (Å²) >= 11 is 1.17. The molecule has 2 N–H and O–H groups in total. The van der Waals surface area contributed by atoms with E-state index in [9.17, 15) is 17.6 Å². The third kappa shape index (κ3) is 4.50. The summed E-state index contributed by atoms with van der Waals surface area (Å²) in [6.07, 6.45) is 1.50. The number of nitrogens with zero attached hydrogens (tertiary/aromatic N) is 1. The highest BCUT2D eigenvalue weighted by atomic mass is 32.2. The number of carbonyl (C=O) groups is 1. The average molecular weight is 448 g/mol. The van der Waals surface area contributed by atoms with E-state index >= 15 is 0 Å². The number of amides is 1. The maximum atomic E-state index is 13.2. The monoisotopic (exact) mass is 447 g/mol. The summed E-state index contributed by atoms with van der Waals surface area (Å²) in [6.45, 7) is 0.772. The molecule has 156 valence electrons. The van der Waals surface area contributed by atoms with E-state index in [0.29, 0.717) is 18.8 Å². The van der Waals surface area contributed by atoms with Crippen LogP contribution in [0.1, 0.15) is 21.8 Å². The molecule has 0 saturated carbocycles. The number of rotatable bonds is 6. The zero-order valence-corrected chi connectivity index (χ0v) is 17.3. The molecule has 2 atom stereocenters. The number of thiazole rings is 1. The molecule has 1 aliphatic heterocycles. The lowest BCUT2D eigenvalue weighted by atomic mass is 9.94. The largest absolute Gasteiger partial charge is 0.379 e. The normalized spacial score (nSPS) is 18.8. The summed E-state index contributed by atoms with van der Waals surface area (Å²) in [5.74, 6) is -0.746. The number of sulfonamides is 1. The van der Waals surface area contributed by atoms with Crippen molar-refractivity contribution in [1.29, 1.82) is 0 Å². The van der Waals surface area contributed by atoms with Gasteiger partial charge in [-0.05, 0) is 42.0 Å². The number of benzene rings is 2. The van der Waals surface area contributed by atoms with Crippen molar-refractivity contribution in [2.75, 3.05) is 17.9 Å². The van der Waals surface area contributed by atoms with Gasteiger partial charge >= 0.3 is 0 Å². The fraction of sp³-hybridized carbons (Fsp3) is 0.200. The molecular weight excluding hydrogens is 429 g/mol. The lowest BCUT2D eigenvalue weighted by molar-refractivity contribution is 0.0928. The second kappa shape index (κ2) is 8.50. The Bertz CT molecular complexity index is 1120. The molecule has 0 aliphatic carbocycles. The lowest BCUT2D eigenvalue weighted by Crippen LogP contribution is -2.39. The minimum atomic E-state index is -3.78. The standard InChI is InChI=1S/C20H18FN3O4S2/c21-15-5-1-13(2-6-15)17-11-28-12-18(17)23-19(25)14-3-7-16(8-4-14)30(26,27)24-20-22-9-10-29-20/h1-10,17-18H,11-12H2,(H,22,24)(H,23,25)/t17-,18-/m1/s1. The Hall–Kier alpha value is -2.82. The van der Waals surface area contributed by atoms with Gasteiger partial charge in [0.15, 0.2) is 5.13 Å². The van der Waals surface area contributed by atoms with Crippen LogP contribution in [-0.4, -0.2) is 38.6 Å². The second-order valence-electron chi connectivity index (χ2n) is 6.74. The molecule has 0 radical (unpaired) electrons. The van der Waals surface area contributed by atoms with Crippen LogP contribution < -0.4 is 10.0 Å². The van der Waals surface area contributed by atoms with Gasteiger partial charge in [0.2, 0.25) is 0 Å². The van der Waals surface area contributed by atoms with E-state index in [2.05, 4.69) is 15.0 Å². The predicted molar refractivity (Wildman–Crippen MR) is 111 cm³/mol. The minimum absolute atomic E-state index is 0.0302. The maximum Gasteiger partial charge on any atom is 0.263 e. The number of ether oxygens (including phenoxy) is 1. The van der Waals surface area contributed by atoms with E-state index in [1.807, 2.05) is 0 Å². The molecule has 10 heteroatoms. The van der Waals surface area contributed by atoms with Gasteiger partial charge in [-0.1, -0.05) is 12.1 Å². The van der Waals surface area contributed by atoms with Crippen LogP contribution >= 0.6 is 11.3 Å². The molecule has 4 rings (SSSR count). The molecule has 7 nitrogen and oxygen atoms in total. The Morgan fingerprint density at radius 2 is 1.83 bits per heavy atom. The van der Waals surface area contributed by atoms with E-state index in [4.69, 9.17) is 4.74 Å². The fourth-order valence-corrected chi connectivity index (χ4v) is 5.01. The molecule has 30 heavy (non-hydrogen) atoms. The molecule has 1 fully saturated rings. The fourth-order valence-electron chi connectivity index (χ4n) is 3.22. The van der Waals surface area contributed by atoms with Crippen molar-refractivity contribution >= 4 is 32.4 Å². The predicted octanol–water partition coefficient (Wildman–Crippen LogP) is 3.00. The Kier molecular flexibility index (Phi) is 5.80. The van der Waals surface area contributed by atoms with Crippen molar-refractivity contribution in [2.45, 2.75) is 16.9 Å². The number of aromatic nitrogens is 1. The van der Waals surface area contributed by atoms with Crippen LogP contribution in [0, 0.1) is 5.82 Å². The highest BCUT2D eigenvalue weighted by Crippen LogP contribution is 2.26. The zero-order chi connectivity index (χ0) is 21.1. The molecule has 0 unspecified atom stereocenters. The van der Waals surface area contributed by atoms with Gasteiger partial charge < -0.3 is 10.1 Å². The van der Waals surface area contributed by atoms with E-state index in [1.54, 1.807) is 17.5 Å². The highest BCUT2D eigenvalue weighted by Gasteiger charge is 2.31. The molecule has 1 aromatic heterocycles. The van der Waals surface area contributed by atoms with Gasteiger partial charge in [0, 0.05) is 23.1 Å². The molecule has 3 aromatic rings. The van der Waals surface area contributed by atoms with Crippen molar-refractivity contribution in [3.05, 3.63) is 77.1 Å². The summed E-state index contributed by atoms with van der Waals surface area (Å²) in [5.41, 5.74) is 1.21. The van der Waals surface area contributed by atoms with Crippen LogP contribution in [-0.2, 0) is 14.8 Å². The van der Waals surface area contributed by atoms with Gasteiger partial charge in [0.1, 0.15) is 5.82 Å². The van der Waals surface area contributed by atoms with Gasteiger partial charge in [0.25, 0.3) is 15.9 Å². The van der Waals surface area contributed by atoms with Gasteiger partial charge in [-0.15, -0.1) is 11.3 Å². The van der Waals surface area contributed by atoms with Crippen molar-refractivity contribution in [3.8, 4) is 0 Å². The third-order valence-electron chi connectivity index (χ3n) is 4.78. The summed E-state index contributed by atoms with van der Waals surface area (Å²) < 4.78 is 45.9. The molecule has 0 spiro atoms. The van der Waals surface area contributed by atoms with Crippen molar-refractivity contribution in [1.82, 2.24) is 10.3 Å². The third-order valence-corrected chi connectivity index (χ3v) is 6.95. The molecule has 2 heterocycles. The van der Waals surface area contributed by atoms with Gasteiger partial charge in [-0.2, -0.15) is 0 Å². The SMILES string of the molecule is O=C(N[C@@H]1COC[C@@H]1c1ccc(F)cc1)c1ccc(S(=O)(=O)Nc2nccs2)cc1. The summed E-state index contributed by atoms with van der Waals surface area (Å²) in [4.78, 5) is 16.6. The quantitative estimate of drug-likeness (QED) is 0.606. The summed E-state index contributed by atoms with van der Waals surface area (Å²) in [5, 5.41) is 4.85. The number of hydrogen-bond acceptors (Lipinski definition) is 6. The van der Waals surface area contributed by atoms with E-state index in [1.165, 1.54) is 53.9 Å². The van der Waals surface area contributed by atoms with E-state index in [-0.39, 0.29) is 33.7 Å². The van der Waals surface area contributed by atoms with Crippen LogP contribution in [0.15, 0.2) is 65.0 Å². The first-order valence-electron chi connectivity index (χ1n) is 9.09. The Balaban J connectivity index is 1.44. The Labute approximate surface area is 177 Å². The molecule has 1 saturated heterocycles. The van der Waals surface area contributed by atoms with Gasteiger partial charge in [-0.3, -0.25) is 9.52 Å². The second-order valence-corrected chi connectivity index (χ2v) is 9.32. The lowest BCUT2D eigenvalue weighted by Gasteiger charge is -2.19. The smallest absolute Gasteiger partial charge is 0.263 e. The van der Waals surface area contributed by atoms with Gasteiger partial charge in [-0.25, -0.2) is 17.8 Å². The molecular formula is C20H18FN3O4S2. The van der Waals surface area contributed by atoms with E-state index in [0.717, 1.165) is 5.56 Å². The first-order valence-corrected chi connectivity index (χ1v) is 11.4. The Morgan fingerprint density at radius 1 is 1.10 bits per heavy atom. The molecule has 2 aromatic carbocycles. The number of halogens is 1. The highest BCUT2D eigenvalue weighted by molar-refractivity contribution is 7.93. The number of nitrogens with one attached hydrogen (secondary N) is 2. The summed E-state index contributed by atoms with van der Waals surface area (Å²) in [7, 11) is -3.78. The van der Waals surface area contributed by atoms with Crippen LogP contribution in [0.25, 0.3) is 0 Å². The molecule has 1 aliphatic rings. The molecule has 1 amide bonds. The van der Waals surface area contributed by atoms with Crippen molar-refractivity contribution in [2.24, 2.45) is 0 Å². The number of anilines is 1. The maximum absolute atomic E-state index is 13.2. The van der Waals surface area contributed by atoms with Crippen LogP contribution in [0.4, 0.5) is 9.52 Å². The number of carbonyl (C=O) groups excluding carboxylic acids is 1. The first-order chi connectivity index (χ1) is 14.4. The Morgan fingerprint density at radius 3 is 2.50 bits per heavy atom. The van der Waals surface area contributed by atoms with Crippen molar-refractivity contribution < 1.29 is 22.3 Å². The topological polar surface area (TPSA) is 97.4 Å². The number of hydrogen-bond donors (Lipinski definition) is 2.